The van der Waals surface area contributed by atoms with Gasteiger partial charge in [-0.25, -0.2) is 0 Å². The molecule has 5 rings (SSSR count). The van der Waals surface area contributed by atoms with Gasteiger partial charge in [0.15, 0.2) is 0 Å². The number of carbonyl (C=O) groups is 2. The van der Waals surface area contributed by atoms with Crippen LogP contribution in [0.15, 0.2) is 67.0 Å². The van der Waals surface area contributed by atoms with Crippen LogP contribution in [0.2, 0.25) is 0 Å². The molecule has 1 aliphatic heterocycles. The number of hydrogen-bond acceptors (Lipinski definition) is 3. The van der Waals surface area contributed by atoms with Gasteiger partial charge in [-0.15, -0.1) is 0 Å². The molecular weight excluding hydrogens is 412 g/mol. The number of pyridine rings is 1. The van der Waals surface area contributed by atoms with Crippen LogP contribution in [0.5, 0.6) is 0 Å². The zero-order chi connectivity index (χ0) is 22.9. The van der Waals surface area contributed by atoms with E-state index in [9.17, 15) is 9.59 Å². The van der Waals surface area contributed by atoms with Crippen molar-refractivity contribution in [3.8, 4) is 0 Å². The Balaban J connectivity index is 1.41. The molecule has 1 aliphatic rings. The maximum Gasteiger partial charge on any atom is 0.257 e. The maximum absolute atomic E-state index is 13.4. The molecule has 0 saturated carbocycles. The second kappa shape index (κ2) is 8.54. The Hall–Kier alpha value is -3.93. The van der Waals surface area contributed by atoms with Gasteiger partial charge >= 0.3 is 0 Å². The van der Waals surface area contributed by atoms with Crippen molar-refractivity contribution < 1.29 is 9.59 Å². The predicted molar refractivity (Wildman–Crippen MR) is 131 cm³/mol. The highest BCUT2D eigenvalue weighted by Crippen LogP contribution is 2.29. The zero-order valence-electron chi connectivity index (χ0n) is 18.8. The van der Waals surface area contributed by atoms with Crippen molar-refractivity contribution in [1.29, 1.82) is 0 Å². The van der Waals surface area contributed by atoms with Crippen LogP contribution in [0, 0.1) is 6.92 Å². The van der Waals surface area contributed by atoms with Crippen LogP contribution in [0.3, 0.4) is 0 Å². The van der Waals surface area contributed by atoms with Gasteiger partial charge in [0, 0.05) is 42.6 Å². The van der Waals surface area contributed by atoms with Crippen LogP contribution in [-0.4, -0.2) is 27.9 Å². The lowest BCUT2D eigenvalue weighted by molar-refractivity contribution is -0.118. The van der Waals surface area contributed by atoms with E-state index < -0.39 is 0 Å². The fourth-order valence-electron chi connectivity index (χ4n) is 4.55. The summed E-state index contributed by atoms with van der Waals surface area (Å²) in [4.78, 5) is 32.6. The van der Waals surface area contributed by atoms with E-state index in [0.29, 0.717) is 18.5 Å². The van der Waals surface area contributed by atoms with Crippen molar-refractivity contribution in [2.45, 2.75) is 26.2 Å². The highest BCUT2D eigenvalue weighted by atomic mass is 16.2. The first kappa shape index (κ1) is 20.9. The third-order valence-electron chi connectivity index (χ3n) is 6.31. The molecule has 0 saturated heterocycles. The van der Waals surface area contributed by atoms with Gasteiger partial charge in [-0.1, -0.05) is 36.4 Å². The normalized spacial score (nSPS) is 13.1. The number of nitrogens with one attached hydrogen (secondary N) is 1. The largest absolute Gasteiger partial charge is 0.350 e. The Bertz CT molecular complexity index is 1370. The van der Waals surface area contributed by atoms with Crippen molar-refractivity contribution in [3.63, 3.8) is 0 Å². The smallest absolute Gasteiger partial charge is 0.257 e. The summed E-state index contributed by atoms with van der Waals surface area (Å²) < 4.78 is 2.05. The Morgan fingerprint density at radius 3 is 2.73 bits per heavy atom. The number of aryl methyl sites for hydroxylation is 3. The minimum Gasteiger partial charge on any atom is -0.350 e. The van der Waals surface area contributed by atoms with E-state index >= 15 is 0 Å². The number of aromatic nitrogens is 2. The molecule has 166 valence electrons. The summed E-state index contributed by atoms with van der Waals surface area (Å²) in [5, 5.41) is 4.05. The number of carbonyl (C=O) groups excluding carboxylic acids is 2. The summed E-state index contributed by atoms with van der Waals surface area (Å²) in [5.74, 6) is -0.211. The number of amides is 2. The zero-order valence-corrected chi connectivity index (χ0v) is 18.8. The summed E-state index contributed by atoms with van der Waals surface area (Å²) in [7, 11) is 2.00. The molecule has 2 amide bonds. The topological polar surface area (TPSA) is 67.2 Å². The highest BCUT2D eigenvalue weighted by molar-refractivity contribution is 6.06. The van der Waals surface area contributed by atoms with Crippen molar-refractivity contribution >= 4 is 34.1 Å². The SMILES string of the molecule is Cc1ccccc1NC(=O)c1cnc2c(c1)N(C(=O)Cc1cn(C)c3ccccc13)CCC2. The van der Waals surface area contributed by atoms with Crippen molar-refractivity contribution in [2.24, 2.45) is 7.05 Å². The quantitative estimate of drug-likeness (QED) is 0.504. The van der Waals surface area contributed by atoms with E-state index in [1.807, 2.05) is 56.6 Å². The third kappa shape index (κ3) is 4.00. The molecule has 3 heterocycles. The number of hydrogen-bond donors (Lipinski definition) is 1. The van der Waals surface area contributed by atoms with Crippen molar-refractivity contribution in [2.75, 3.05) is 16.8 Å². The minimum atomic E-state index is -0.230. The van der Waals surface area contributed by atoms with Crippen LogP contribution in [0.25, 0.3) is 10.9 Å². The predicted octanol–water partition coefficient (Wildman–Crippen LogP) is 4.66. The van der Waals surface area contributed by atoms with Gasteiger partial charge in [-0.2, -0.15) is 0 Å². The number of anilines is 2. The van der Waals surface area contributed by atoms with Gasteiger partial charge in [0.2, 0.25) is 5.91 Å². The average Bonchev–Trinajstić information content (AvgIpc) is 3.15. The van der Waals surface area contributed by atoms with E-state index in [1.165, 1.54) is 0 Å². The molecule has 4 aromatic rings. The number of nitrogens with zero attached hydrogens (tertiary/aromatic N) is 3. The first-order valence-corrected chi connectivity index (χ1v) is 11.2. The van der Waals surface area contributed by atoms with Crippen LogP contribution in [0.4, 0.5) is 11.4 Å². The lowest BCUT2D eigenvalue weighted by atomic mass is 10.0. The monoisotopic (exact) mass is 438 g/mol. The number of rotatable bonds is 4. The number of fused-ring (bicyclic) bond motifs is 2. The molecule has 1 N–H and O–H groups in total. The van der Waals surface area contributed by atoms with E-state index in [4.69, 9.17) is 0 Å². The molecule has 6 nitrogen and oxygen atoms in total. The lowest BCUT2D eigenvalue weighted by Crippen LogP contribution is -2.37. The molecule has 2 aromatic heterocycles. The average molecular weight is 439 g/mol. The van der Waals surface area contributed by atoms with E-state index in [0.717, 1.165) is 51.9 Å². The fourth-order valence-corrected chi connectivity index (χ4v) is 4.55. The Morgan fingerprint density at radius 2 is 1.88 bits per heavy atom. The van der Waals surface area contributed by atoms with E-state index in [2.05, 4.69) is 27.0 Å². The van der Waals surface area contributed by atoms with Gasteiger partial charge in [0.1, 0.15) is 0 Å². The summed E-state index contributed by atoms with van der Waals surface area (Å²) in [5.41, 5.74) is 5.92. The number of benzene rings is 2. The molecule has 0 bridgehead atoms. The van der Waals surface area contributed by atoms with Crippen molar-refractivity contribution in [3.05, 3.63) is 89.4 Å². The van der Waals surface area contributed by atoms with Crippen molar-refractivity contribution in [1.82, 2.24) is 9.55 Å². The molecule has 0 unspecified atom stereocenters. The third-order valence-corrected chi connectivity index (χ3v) is 6.31. The summed E-state index contributed by atoms with van der Waals surface area (Å²) in [6, 6.07) is 17.6. The standard InChI is InChI=1S/C27H26N4O2/c1-18-8-3-5-10-22(18)29-27(33)19-14-25-23(28-16-19)11-7-13-31(25)26(32)15-20-17-30(2)24-12-6-4-9-21(20)24/h3-6,8-10,12,14,16-17H,7,11,13,15H2,1-2H3,(H,29,33). The Kier molecular flexibility index (Phi) is 5.42. The molecule has 6 heteroatoms. The van der Waals surface area contributed by atoms with Gasteiger partial charge in [0.25, 0.3) is 5.91 Å². The molecule has 2 aromatic carbocycles. The summed E-state index contributed by atoms with van der Waals surface area (Å²) in [6.45, 7) is 2.58. The number of para-hydroxylation sites is 2. The van der Waals surface area contributed by atoms with Crippen LogP contribution in [-0.2, 0) is 24.7 Å². The molecule has 0 aliphatic carbocycles. The minimum absolute atomic E-state index is 0.0190. The first-order chi connectivity index (χ1) is 16.0. The fraction of sp³-hybridized carbons (Fsp3) is 0.222. The van der Waals surface area contributed by atoms with Gasteiger partial charge in [-0.3, -0.25) is 14.6 Å². The summed E-state index contributed by atoms with van der Waals surface area (Å²) in [6.07, 6.45) is 5.59. The van der Waals surface area contributed by atoms with Crippen LogP contribution >= 0.6 is 0 Å². The van der Waals surface area contributed by atoms with Gasteiger partial charge in [0.05, 0.1) is 23.4 Å². The molecule has 33 heavy (non-hydrogen) atoms. The second-order valence-electron chi connectivity index (χ2n) is 8.57. The molecule has 0 atom stereocenters. The van der Waals surface area contributed by atoms with E-state index in [1.54, 1.807) is 17.2 Å². The Morgan fingerprint density at radius 1 is 1.09 bits per heavy atom. The summed E-state index contributed by atoms with van der Waals surface area (Å²) >= 11 is 0. The van der Waals surface area contributed by atoms with Gasteiger partial charge in [-0.05, 0) is 49.1 Å². The molecule has 0 radical (unpaired) electrons. The van der Waals surface area contributed by atoms with E-state index in [-0.39, 0.29) is 11.8 Å². The highest BCUT2D eigenvalue weighted by Gasteiger charge is 2.26. The lowest BCUT2D eigenvalue weighted by Gasteiger charge is -2.29. The second-order valence-corrected chi connectivity index (χ2v) is 8.57. The first-order valence-electron chi connectivity index (χ1n) is 11.2. The maximum atomic E-state index is 13.4. The Labute approximate surface area is 192 Å². The van der Waals surface area contributed by atoms with Crippen LogP contribution in [0.1, 0.15) is 33.6 Å². The van der Waals surface area contributed by atoms with Gasteiger partial charge < -0.3 is 14.8 Å². The molecule has 0 fully saturated rings. The van der Waals surface area contributed by atoms with Crippen LogP contribution < -0.4 is 10.2 Å². The molecular formula is C27H26N4O2. The molecule has 0 spiro atoms.